The van der Waals surface area contributed by atoms with E-state index in [0.29, 0.717) is 17.8 Å². The van der Waals surface area contributed by atoms with E-state index >= 15 is 0 Å². The summed E-state index contributed by atoms with van der Waals surface area (Å²) in [5.41, 5.74) is 2.40. The van der Waals surface area contributed by atoms with E-state index < -0.39 is 0 Å². The van der Waals surface area contributed by atoms with Crippen LogP contribution in [0.5, 0.6) is 0 Å². The molecular weight excluding hydrogens is 388 g/mol. The molecule has 154 valence electrons. The van der Waals surface area contributed by atoms with Gasteiger partial charge in [-0.15, -0.1) is 11.8 Å². The number of nitrogens with zero attached hydrogens (tertiary/aromatic N) is 2. The van der Waals surface area contributed by atoms with Crippen molar-refractivity contribution in [3.05, 3.63) is 29.8 Å². The van der Waals surface area contributed by atoms with Crippen molar-refractivity contribution in [2.45, 2.75) is 57.1 Å². The Kier molecular flexibility index (Phi) is 6.03. The predicted molar refractivity (Wildman–Crippen MR) is 121 cm³/mol. The van der Waals surface area contributed by atoms with Gasteiger partial charge in [0.25, 0.3) is 0 Å². The first-order chi connectivity index (χ1) is 13.5. The minimum absolute atomic E-state index is 0.162. The van der Waals surface area contributed by atoms with Gasteiger partial charge >= 0.3 is 0 Å². The Bertz CT molecular complexity index is 741. The number of hydrogen-bond donors (Lipinski definition) is 0. The number of hydroxylamine groups is 1. The largest absolute Gasteiger partial charge is 0.351 e. The van der Waals surface area contributed by atoms with Gasteiger partial charge in [-0.05, 0) is 42.9 Å². The van der Waals surface area contributed by atoms with Gasteiger partial charge in [0.05, 0.1) is 25.4 Å². The maximum Gasteiger partial charge on any atom is 0.175 e. The molecule has 0 saturated heterocycles. The molecule has 1 aromatic rings. The molecule has 4 nitrogen and oxygen atoms in total. The molecule has 0 N–H and O–H groups in total. The van der Waals surface area contributed by atoms with Gasteiger partial charge in [-0.25, -0.2) is 5.06 Å². The Labute approximate surface area is 177 Å². The average Bonchev–Trinajstić information content (AvgIpc) is 3.23. The third-order valence-electron chi connectivity index (χ3n) is 6.56. The third-order valence-corrected chi connectivity index (χ3v) is 9.01. The van der Waals surface area contributed by atoms with Gasteiger partial charge < -0.3 is 4.74 Å². The lowest BCUT2D eigenvalue weighted by Crippen LogP contribution is -2.50. The first kappa shape index (κ1) is 20.6. The van der Waals surface area contributed by atoms with E-state index in [1.165, 1.54) is 18.4 Å². The normalized spacial score (nSPS) is 34.9. The third kappa shape index (κ3) is 3.40. The molecule has 0 unspecified atom stereocenters. The highest BCUT2D eigenvalue weighted by molar-refractivity contribution is 8.39. The lowest BCUT2D eigenvalue weighted by molar-refractivity contribution is -0.117. The molecule has 0 bridgehead atoms. The van der Waals surface area contributed by atoms with Gasteiger partial charge in [0.1, 0.15) is 9.12 Å². The Morgan fingerprint density at radius 1 is 1.29 bits per heavy atom. The van der Waals surface area contributed by atoms with Crippen molar-refractivity contribution in [3.8, 4) is 0 Å². The average molecular weight is 421 g/mol. The van der Waals surface area contributed by atoms with Gasteiger partial charge in [-0.3, -0.25) is 9.83 Å². The standard InChI is InChI=1S/C22H32N2O2S2/c1-14(2)16-11-10-15(3)12-19(16)26-20-22(13-23-21(27-5)28-22)17-8-6-7-9-18(17)24(20)25-4/h6-9,14-16,19-20H,10-13H2,1-5H3/t15-,16+,19-,20-,22+/m1/s1. The molecule has 1 spiro atoms. The molecule has 6 heteroatoms. The molecule has 1 saturated carbocycles. The van der Waals surface area contributed by atoms with Crippen LogP contribution in [0.1, 0.15) is 45.6 Å². The lowest BCUT2D eigenvalue weighted by Gasteiger charge is -2.42. The number of thioether (sulfide) groups is 2. The van der Waals surface area contributed by atoms with Crippen LogP contribution in [0.15, 0.2) is 29.3 Å². The maximum absolute atomic E-state index is 7.01. The van der Waals surface area contributed by atoms with Crippen molar-refractivity contribution < 1.29 is 9.57 Å². The molecule has 4 rings (SSSR count). The van der Waals surface area contributed by atoms with Crippen LogP contribution in [-0.2, 0) is 14.3 Å². The van der Waals surface area contributed by atoms with E-state index in [-0.39, 0.29) is 17.1 Å². The van der Waals surface area contributed by atoms with Crippen LogP contribution in [0.3, 0.4) is 0 Å². The summed E-state index contributed by atoms with van der Waals surface area (Å²) in [6.07, 6.45) is 5.89. The fraction of sp³-hybridized carbons (Fsp3) is 0.682. The van der Waals surface area contributed by atoms with Gasteiger partial charge in [0, 0.05) is 5.56 Å². The van der Waals surface area contributed by atoms with Crippen molar-refractivity contribution >= 4 is 33.6 Å². The topological polar surface area (TPSA) is 34.1 Å². The van der Waals surface area contributed by atoms with E-state index in [0.717, 1.165) is 23.0 Å². The Balaban J connectivity index is 1.69. The fourth-order valence-electron chi connectivity index (χ4n) is 5.05. The van der Waals surface area contributed by atoms with E-state index in [2.05, 4.69) is 51.3 Å². The number of hydrogen-bond acceptors (Lipinski definition) is 6. The highest BCUT2D eigenvalue weighted by Crippen LogP contribution is 2.57. The van der Waals surface area contributed by atoms with E-state index in [9.17, 15) is 0 Å². The van der Waals surface area contributed by atoms with Crippen molar-refractivity contribution in [2.75, 3.05) is 25.0 Å². The Hall–Kier alpha value is -0.690. The van der Waals surface area contributed by atoms with Crippen LogP contribution in [0.4, 0.5) is 5.69 Å². The van der Waals surface area contributed by atoms with Gasteiger partial charge in [0.2, 0.25) is 0 Å². The number of benzene rings is 1. The first-order valence-electron chi connectivity index (χ1n) is 10.4. The molecule has 1 fully saturated rings. The molecule has 3 aliphatic rings. The zero-order chi connectivity index (χ0) is 19.9. The molecule has 1 aliphatic carbocycles. The molecule has 2 aliphatic heterocycles. The van der Waals surface area contributed by atoms with Crippen LogP contribution in [0.25, 0.3) is 0 Å². The molecule has 0 amide bonds. The minimum Gasteiger partial charge on any atom is -0.351 e. The van der Waals surface area contributed by atoms with Crippen molar-refractivity contribution in [1.82, 2.24) is 0 Å². The van der Waals surface area contributed by atoms with Crippen LogP contribution in [-0.4, -0.2) is 36.6 Å². The smallest absolute Gasteiger partial charge is 0.175 e. The molecule has 1 aromatic carbocycles. The van der Waals surface area contributed by atoms with E-state index in [1.807, 2.05) is 16.8 Å². The van der Waals surface area contributed by atoms with Crippen LogP contribution in [0, 0.1) is 17.8 Å². The summed E-state index contributed by atoms with van der Waals surface area (Å²) < 4.78 is 7.92. The molecule has 28 heavy (non-hydrogen) atoms. The monoisotopic (exact) mass is 420 g/mol. The van der Waals surface area contributed by atoms with Crippen LogP contribution >= 0.6 is 23.5 Å². The van der Waals surface area contributed by atoms with Crippen molar-refractivity contribution in [2.24, 2.45) is 22.7 Å². The van der Waals surface area contributed by atoms with Gasteiger partial charge in [0.15, 0.2) is 6.23 Å². The second-order valence-corrected chi connectivity index (χ2v) is 11.0. The highest BCUT2D eigenvalue weighted by Gasteiger charge is 2.57. The van der Waals surface area contributed by atoms with E-state index in [1.54, 1.807) is 18.9 Å². The number of rotatable bonds is 4. The Morgan fingerprint density at radius 2 is 2.07 bits per heavy atom. The number of fused-ring (bicyclic) bond motifs is 2. The molecule has 2 heterocycles. The summed E-state index contributed by atoms with van der Waals surface area (Å²) in [6.45, 7) is 7.77. The summed E-state index contributed by atoms with van der Waals surface area (Å²) >= 11 is 3.58. The summed E-state index contributed by atoms with van der Waals surface area (Å²) in [7, 11) is 1.76. The van der Waals surface area contributed by atoms with Crippen LogP contribution < -0.4 is 5.06 Å². The second kappa shape index (κ2) is 8.21. The number of ether oxygens (including phenoxy) is 1. The fourth-order valence-corrected chi connectivity index (χ4v) is 7.12. The van der Waals surface area contributed by atoms with Crippen molar-refractivity contribution in [1.29, 1.82) is 0 Å². The zero-order valence-electron chi connectivity index (χ0n) is 17.6. The number of para-hydroxylation sites is 1. The minimum atomic E-state index is -0.229. The second-order valence-electron chi connectivity index (χ2n) is 8.66. The summed E-state index contributed by atoms with van der Waals surface area (Å²) in [5, 5.41) is 2.00. The molecular formula is C22H32N2O2S2. The first-order valence-corrected chi connectivity index (χ1v) is 12.4. The van der Waals surface area contributed by atoms with E-state index in [4.69, 9.17) is 14.6 Å². The Morgan fingerprint density at radius 3 is 2.75 bits per heavy atom. The SMILES string of the molecule is CON1c2ccccc2[C@@]2(CN=C(SC)S2)[C@H]1O[C@@H]1C[C@H](C)CC[C@H]1C(C)C. The molecule has 0 aromatic heterocycles. The van der Waals surface area contributed by atoms with Gasteiger partial charge in [-0.2, -0.15) is 0 Å². The number of aliphatic imine (C=N–C) groups is 1. The quantitative estimate of drug-likeness (QED) is 0.639. The maximum atomic E-state index is 7.01. The summed E-state index contributed by atoms with van der Waals surface area (Å²) in [4.78, 5) is 10.8. The number of anilines is 1. The zero-order valence-corrected chi connectivity index (χ0v) is 19.2. The molecule has 0 radical (unpaired) electrons. The molecule has 5 atom stereocenters. The van der Waals surface area contributed by atoms with Crippen LogP contribution in [0.2, 0.25) is 0 Å². The van der Waals surface area contributed by atoms with Crippen molar-refractivity contribution in [3.63, 3.8) is 0 Å². The summed E-state index contributed by atoms with van der Waals surface area (Å²) in [5.74, 6) is 1.94. The van der Waals surface area contributed by atoms with Gasteiger partial charge in [-0.1, -0.05) is 57.2 Å². The highest BCUT2D eigenvalue weighted by atomic mass is 32.2. The summed E-state index contributed by atoms with van der Waals surface area (Å²) in [6, 6.07) is 8.56. The lowest BCUT2D eigenvalue weighted by atomic mass is 9.75. The predicted octanol–water partition coefficient (Wildman–Crippen LogP) is 5.53.